The summed E-state index contributed by atoms with van der Waals surface area (Å²) in [6.07, 6.45) is 0.853. The Morgan fingerprint density at radius 1 is 1.11 bits per heavy atom. The number of benzene rings is 2. The number of nitrogens with zero attached hydrogens (tertiary/aromatic N) is 1. The van der Waals surface area contributed by atoms with Gasteiger partial charge in [0.1, 0.15) is 11.6 Å². The minimum absolute atomic E-state index is 0.0617. The van der Waals surface area contributed by atoms with E-state index in [1.165, 1.54) is 12.1 Å². The molecule has 2 aromatic rings. The van der Waals surface area contributed by atoms with Crippen molar-refractivity contribution >= 4 is 5.69 Å². The van der Waals surface area contributed by atoms with Gasteiger partial charge >= 0.3 is 0 Å². The van der Waals surface area contributed by atoms with E-state index in [9.17, 15) is 9.50 Å². The second-order valence-electron chi connectivity index (χ2n) is 4.57. The van der Waals surface area contributed by atoms with Crippen LogP contribution in [0.3, 0.4) is 0 Å². The summed E-state index contributed by atoms with van der Waals surface area (Å²) in [6, 6.07) is 13.8. The summed E-state index contributed by atoms with van der Waals surface area (Å²) in [6.45, 7) is 2.07. The van der Waals surface area contributed by atoms with Crippen LogP contribution < -0.4 is 4.90 Å². The third-order valence-corrected chi connectivity index (χ3v) is 3.38. The molecule has 0 saturated carbocycles. The molecule has 1 unspecified atom stereocenters. The van der Waals surface area contributed by atoms with Gasteiger partial charge in [0.25, 0.3) is 0 Å². The topological polar surface area (TPSA) is 23.5 Å². The van der Waals surface area contributed by atoms with E-state index in [4.69, 9.17) is 0 Å². The Kier molecular flexibility index (Phi) is 4.05. The second-order valence-corrected chi connectivity index (χ2v) is 4.57. The van der Waals surface area contributed by atoms with Crippen LogP contribution in [0.5, 0.6) is 5.75 Å². The summed E-state index contributed by atoms with van der Waals surface area (Å²) in [7, 11) is 1.95. The number of hydrogen-bond donors (Lipinski definition) is 1. The summed E-state index contributed by atoms with van der Waals surface area (Å²) in [5, 5.41) is 9.97. The van der Waals surface area contributed by atoms with E-state index < -0.39 is 0 Å². The standard InChI is InChI=1S/C16H18FNO/c1-3-15(14-6-4-5-7-16(14)19)18(2)13-10-8-12(17)9-11-13/h4-11,15,19H,3H2,1-2H3. The zero-order chi connectivity index (χ0) is 13.8. The van der Waals surface area contributed by atoms with E-state index in [0.717, 1.165) is 17.7 Å². The van der Waals surface area contributed by atoms with Crippen molar-refractivity contribution in [3.05, 3.63) is 59.9 Å². The van der Waals surface area contributed by atoms with Crippen LogP contribution >= 0.6 is 0 Å². The highest BCUT2D eigenvalue weighted by atomic mass is 19.1. The summed E-state index contributed by atoms with van der Waals surface area (Å²) >= 11 is 0. The maximum absolute atomic E-state index is 13.0. The van der Waals surface area contributed by atoms with E-state index in [0.29, 0.717) is 5.75 Å². The van der Waals surface area contributed by atoms with Crippen LogP contribution in [0.25, 0.3) is 0 Å². The van der Waals surface area contributed by atoms with Crippen molar-refractivity contribution in [1.82, 2.24) is 0 Å². The fourth-order valence-corrected chi connectivity index (χ4v) is 2.33. The third kappa shape index (κ3) is 2.87. The lowest BCUT2D eigenvalue weighted by molar-refractivity contribution is 0.458. The number of phenolic OH excluding ortho intramolecular Hbond substituents is 1. The van der Waals surface area contributed by atoms with Crippen molar-refractivity contribution in [2.75, 3.05) is 11.9 Å². The van der Waals surface area contributed by atoms with E-state index >= 15 is 0 Å². The summed E-state index contributed by atoms with van der Waals surface area (Å²) in [5.41, 5.74) is 1.81. The molecule has 3 heteroatoms. The number of hydrogen-bond acceptors (Lipinski definition) is 2. The van der Waals surface area contributed by atoms with Gasteiger partial charge in [0.2, 0.25) is 0 Å². The lowest BCUT2D eigenvalue weighted by Crippen LogP contribution is -2.23. The number of aromatic hydroxyl groups is 1. The molecule has 2 aromatic carbocycles. The molecule has 0 aromatic heterocycles. The highest BCUT2D eigenvalue weighted by molar-refractivity contribution is 5.49. The molecule has 0 bridgehead atoms. The Balaban J connectivity index is 2.32. The van der Waals surface area contributed by atoms with Crippen LogP contribution in [0, 0.1) is 5.82 Å². The highest BCUT2D eigenvalue weighted by Gasteiger charge is 2.18. The molecule has 0 aliphatic heterocycles. The lowest BCUT2D eigenvalue weighted by Gasteiger charge is -2.30. The average molecular weight is 259 g/mol. The minimum atomic E-state index is -0.243. The summed E-state index contributed by atoms with van der Waals surface area (Å²) < 4.78 is 13.0. The predicted octanol–water partition coefficient (Wildman–Crippen LogP) is 4.12. The molecule has 1 atom stereocenters. The molecular weight excluding hydrogens is 241 g/mol. The van der Waals surface area contributed by atoms with Crippen LogP contribution in [0.15, 0.2) is 48.5 Å². The smallest absolute Gasteiger partial charge is 0.123 e. The highest BCUT2D eigenvalue weighted by Crippen LogP contribution is 2.33. The zero-order valence-corrected chi connectivity index (χ0v) is 11.2. The average Bonchev–Trinajstić information content (AvgIpc) is 2.42. The Morgan fingerprint density at radius 3 is 2.32 bits per heavy atom. The molecule has 0 radical (unpaired) electrons. The molecular formula is C16H18FNO. The quantitative estimate of drug-likeness (QED) is 0.892. The van der Waals surface area contributed by atoms with Crippen molar-refractivity contribution in [1.29, 1.82) is 0 Å². The van der Waals surface area contributed by atoms with Crippen molar-refractivity contribution in [3.63, 3.8) is 0 Å². The number of rotatable bonds is 4. The van der Waals surface area contributed by atoms with Gasteiger partial charge < -0.3 is 10.0 Å². The first kappa shape index (κ1) is 13.4. The van der Waals surface area contributed by atoms with Gasteiger partial charge in [0.05, 0.1) is 6.04 Å². The first-order chi connectivity index (χ1) is 9.13. The molecule has 19 heavy (non-hydrogen) atoms. The molecule has 1 N–H and O–H groups in total. The van der Waals surface area contributed by atoms with E-state index in [1.807, 2.05) is 25.2 Å². The maximum Gasteiger partial charge on any atom is 0.123 e. The monoisotopic (exact) mass is 259 g/mol. The van der Waals surface area contributed by atoms with Crippen molar-refractivity contribution in [3.8, 4) is 5.75 Å². The number of phenols is 1. The molecule has 100 valence electrons. The molecule has 0 heterocycles. The Bertz CT molecular complexity index is 539. The molecule has 0 aliphatic rings. The van der Waals surface area contributed by atoms with Crippen molar-refractivity contribution in [2.24, 2.45) is 0 Å². The van der Waals surface area contributed by atoms with Gasteiger partial charge in [-0.1, -0.05) is 25.1 Å². The number of anilines is 1. The first-order valence-electron chi connectivity index (χ1n) is 6.39. The lowest BCUT2D eigenvalue weighted by atomic mass is 10.0. The molecule has 0 amide bonds. The van der Waals surface area contributed by atoms with Crippen LogP contribution in [0.1, 0.15) is 24.9 Å². The third-order valence-electron chi connectivity index (χ3n) is 3.38. The van der Waals surface area contributed by atoms with Crippen LogP contribution in [-0.4, -0.2) is 12.2 Å². The van der Waals surface area contributed by atoms with Gasteiger partial charge in [0.15, 0.2) is 0 Å². The van der Waals surface area contributed by atoms with E-state index in [2.05, 4.69) is 11.8 Å². The molecule has 0 aliphatic carbocycles. The van der Waals surface area contributed by atoms with Gasteiger partial charge in [-0.2, -0.15) is 0 Å². The Morgan fingerprint density at radius 2 is 1.74 bits per heavy atom. The largest absolute Gasteiger partial charge is 0.508 e. The first-order valence-corrected chi connectivity index (χ1v) is 6.39. The van der Waals surface area contributed by atoms with Crippen molar-refractivity contribution < 1.29 is 9.50 Å². The second kappa shape index (κ2) is 5.74. The van der Waals surface area contributed by atoms with E-state index in [-0.39, 0.29) is 11.9 Å². The van der Waals surface area contributed by atoms with Crippen LogP contribution in [0.2, 0.25) is 0 Å². The molecule has 0 saturated heterocycles. The van der Waals surface area contributed by atoms with Crippen molar-refractivity contribution in [2.45, 2.75) is 19.4 Å². The van der Waals surface area contributed by atoms with Gasteiger partial charge in [-0.25, -0.2) is 4.39 Å². The SMILES string of the molecule is CCC(c1ccccc1O)N(C)c1ccc(F)cc1. The normalized spacial score (nSPS) is 12.2. The van der Waals surface area contributed by atoms with Gasteiger partial charge in [-0.3, -0.25) is 0 Å². The van der Waals surface area contributed by atoms with Gasteiger partial charge in [-0.05, 0) is 36.8 Å². The molecule has 0 spiro atoms. The molecule has 2 rings (SSSR count). The van der Waals surface area contributed by atoms with Gasteiger partial charge in [-0.15, -0.1) is 0 Å². The maximum atomic E-state index is 13.0. The fourth-order valence-electron chi connectivity index (χ4n) is 2.33. The Labute approximate surface area is 113 Å². The fraction of sp³-hybridized carbons (Fsp3) is 0.250. The van der Waals surface area contributed by atoms with E-state index in [1.54, 1.807) is 18.2 Å². The van der Waals surface area contributed by atoms with Crippen LogP contribution in [-0.2, 0) is 0 Å². The Hall–Kier alpha value is -2.03. The molecule has 0 fully saturated rings. The number of halogens is 1. The minimum Gasteiger partial charge on any atom is -0.508 e. The molecule has 2 nitrogen and oxygen atoms in total. The predicted molar refractivity (Wildman–Crippen MR) is 75.9 cm³/mol. The number of para-hydroxylation sites is 1. The van der Waals surface area contributed by atoms with Crippen LogP contribution in [0.4, 0.5) is 10.1 Å². The summed E-state index contributed by atoms with van der Waals surface area (Å²) in [5.74, 6) is 0.0519. The summed E-state index contributed by atoms with van der Waals surface area (Å²) in [4.78, 5) is 2.05. The zero-order valence-electron chi connectivity index (χ0n) is 11.2. The van der Waals surface area contributed by atoms with Gasteiger partial charge in [0, 0.05) is 18.3 Å².